The van der Waals surface area contributed by atoms with E-state index in [9.17, 15) is 8.42 Å². The molecule has 1 aromatic heterocycles. The highest BCUT2D eigenvalue weighted by atomic mass is 32.2. The Labute approximate surface area is 122 Å². The first-order valence-corrected chi connectivity index (χ1v) is 8.88. The number of hydrogen-bond donors (Lipinski definition) is 2. The van der Waals surface area contributed by atoms with Crippen LogP contribution in [0.1, 0.15) is 13.3 Å². The molecule has 1 aliphatic rings. The van der Waals surface area contributed by atoms with Crippen molar-refractivity contribution in [1.29, 1.82) is 0 Å². The molecule has 0 bridgehead atoms. The van der Waals surface area contributed by atoms with Gasteiger partial charge >= 0.3 is 0 Å². The summed E-state index contributed by atoms with van der Waals surface area (Å²) >= 11 is 1.06. The summed E-state index contributed by atoms with van der Waals surface area (Å²) in [5, 5.41) is 3.54. The van der Waals surface area contributed by atoms with Gasteiger partial charge in [0.2, 0.25) is 0 Å². The van der Waals surface area contributed by atoms with Crippen LogP contribution in [-0.2, 0) is 19.3 Å². The van der Waals surface area contributed by atoms with Gasteiger partial charge in [-0.25, -0.2) is 8.42 Å². The third-order valence-electron chi connectivity index (χ3n) is 2.83. The molecule has 0 spiro atoms. The first kappa shape index (κ1) is 15.5. The normalized spacial score (nSPS) is 19.9. The molecular formula is C11H19N3O4S2. The number of anilines is 2. The fraction of sp³-hybridized carbons (Fsp3) is 0.727. The fourth-order valence-corrected chi connectivity index (χ4v) is 4.57. The first-order valence-electron chi connectivity index (χ1n) is 6.45. The monoisotopic (exact) mass is 321 g/mol. The molecule has 2 rings (SSSR count). The molecule has 3 N–H and O–H groups in total. The summed E-state index contributed by atoms with van der Waals surface area (Å²) in [6.45, 7) is 3.93. The van der Waals surface area contributed by atoms with Gasteiger partial charge in [0.15, 0.2) is 15.7 Å². The maximum atomic E-state index is 12.2. The van der Waals surface area contributed by atoms with Crippen LogP contribution < -0.4 is 11.1 Å². The third-order valence-corrected chi connectivity index (χ3v) is 5.76. The van der Waals surface area contributed by atoms with Gasteiger partial charge in [0, 0.05) is 6.54 Å². The van der Waals surface area contributed by atoms with E-state index >= 15 is 0 Å². The fourth-order valence-electron chi connectivity index (χ4n) is 1.94. The Bertz CT molecular complexity index is 538. The van der Waals surface area contributed by atoms with Crippen LogP contribution in [0.2, 0.25) is 0 Å². The van der Waals surface area contributed by atoms with Crippen LogP contribution in [-0.4, -0.2) is 51.0 Å². The Morgan fingerprint density at radius 1 is 1.50 bits per heavy atom. The van der Waals surface area contributed by atoms with E-state index in [1.807, 2.05) is 6.92 Å². The molecule has 1 aromatic rings. The van der Waals surface area contributed by atoms with Crippen molar-refractivity contribution in [1.82, 2.24) is 4.37 Å². The van der Waals surface area contributed by atoms with Crippen LogP contribution in [0.25, 0.3) is 0 Å². The zero-order valence-corrected chi connectivity index (χ0v) is 12.9. The minimum Gasteiger partial charge on any atom is -0.382 e. The molecular weight excluding hydrogens is 302 g/mol. The summed E-state index contributed by atoms with van der Waals surface area (Å²) in [4.78, 5) is 0.112. The molecule has 2 heterocycles. The summed E-state index contributed by atoms with van der Waals surface area (Å²) < 4.78 is 39.1. The quantitative estimate of drug-likeness (QED) is 0.796. The summed E-state index contributed by atoms with van der Waals surface area (Å²) in [7, 11) is -3.39. The number of nitrogens with one attached hydrogen (secondary N) is 1. The van der Waals surface area contributed by atoms with Gasteiger partial charge in [0.1, 0.15) is 9.90 Å². The average molecular weight is 321 g/mol. The minimum absolute atomic E-state index is 0.0618. The Morgan fingerprint density at radius 3 is 2.95 bits per heavy atom. The summed E-state index contributed by atoms with van der Waals surface area (Å²) in [6.07, 6.45) is 0.449. The van der Waals surface area contributed by atoms with Crippen molar-refractivity contribution in [2.24, 2.45) is 0 Å². The third kappa shape index (κ3) is 3.60. The van der Waals surface area contributed by atoms with Crippen molar-refractivity contribution in [2.45, 2.75) is 24.3 Å². The largest absolute Gasteiger partial charge is 0.382 e. The SMILES string of the molecule is CCCS(=O)(=O)c1c(N)nsc1NCC1COCCO1. The number of aromatic nitrogens is 1. The van der Waals surface area contributed by atoms with Crippen molar-refractivity contribution in [3.05, 3.63) is 0 Å². The van der Waals surface area contributed by atoms with E-state index < -0.39 is 9.84 Å². The summed E-state index contributed by atoms with van der Waals surface area (Å²) in [6, 6.07) is 0. The molecule has 1 unspecified atom stereocenters. The minimum atomic E-state index is -3.39. The van der Waals surface area contributed by atoms with Crippen LogP contribution in [0.3, 0.4) is 0 Å². The molecule has 0 radical (unpaired) electrons. The lowest BCUT2D eigenvalue weighted by Crippen LogP contribution is -2.34. The molecule has 1 saturated heterocycles. The van der Waals surface area contributed by atoms with E-state index in [-0.39, 0.29) is 22.6 Å². The number of nitrogens with zero attached hydrogens (tertiary/aromatic N) is 1. The average Bonchev–Trinajstić information content (AvgIpc) is 2.79. The van der Waals surface area contributed by atoms with Gasteiger partial charge < -0.3 is 20.5 Å². The molecule has 1 atom stereocenters. The van der Waals surface area contributed by atoms with E-state index in [2.05, 4.69) is 9.69 Å². The van der Waals surface area contributed by atoms with Crippen LogP contribution >= 0.6 is 11.5 Å². The highest BCUT2D eigenvalue weighted by Crippen LogP contribution is 2.32. The van der Waals surface area contributed by atoms with E-state index in [0.717, 1.165) is 11.5 Å². The number of nitrogen functional groups attached to an aromatic ring is 1. The van der Waals surface area contributed by atoms with Gasteiger partial charge in [-0.1, -0.05) is 6.92 Å². The summed E-state index contributed by atoms with van der Waals surface area (Å²) in [5.41, 5.74) is 5.69. The maximum Gasteiger partial charge on any atom is 0.185 e. The lowest BCUT2D eigenvalue weighted by atomic mass is 10.3. The van der Waals surface area contributed by atoms with Crippen molar-refractivity contribution in [3.63, 3.8) is 0 Å². The molecule has 9 heteroatoms. The molecule has 0 amide bonds. The second kappa shape index (κ2) is 6.70. The summed E-state index contributed by atoms with van der Waals surface area (Å²) in [5.74, 6) is 0.125. The van der Waals surface area contributed by atoms with Gasteiger partial charge in [0.05, 0.1) is 31.7 Å². The second-order valence-electron chi connectivity index (χ2n) is 4.49. The predicted octanol–water partition coefficient (Wildman–Crippen LogP) is 0.736. The standard InChI is InChI=1S/C11H19N3O4S2/c1-2-5-20(15,16)9-10(12)14-19-11(9)13-6-8-7-17-3-4-18-8/h8,13H,2-7H2,1H3,(H2,12,14). The highest BCUT2D eigenvalue weighted by Gasteiger charge is 2.25. The Kier molecular flexibility index (Phi) is 5.19. The van der Waals surface area contributed by atoms with Crippen LogP contribution in [0.5, 0.6) is 0 Å². The van der Waals surface area contributed by atoms with Gasteiger partial charge in [-0.05, 0) is 18.0 Å². The Balaban J connectivity index is 2.08. The zero-order chi connectivity index (χ0) is 14.6. The van der Waals surface area contributed by atoms with Gasteiger partial charge in [-0.15, -0.1) is 0 Å². The maximum absolute atomic E-state index is 12.2. The van der Waals surface area contributed by atoms with Gasteiger partial charge in [-0.2, -0.15) is 4.37 Å². The smallest absolute Gasteiger partial charge is 0.185 e. The highest BCUT2D eigenvalue weighted by molar-refractivity contribution is 7.91. The van der Waals surface area contributed by atoms with E-state index in [0.29, 0.717) is 37.8 Å². The first-order chi connectivity index (χ1) is 9.54. The lowest BCUT2D eigenvalue weighted by Gasteiger charge is -2.23. The topological polar surface area (TPSA) is 104 Å². The second-order valence-corrected chi connectivity index (χ2v) is 7.31. The number of rotatable bonds is 6. The molecule has 20 heavy (non-hydrogen) atoms. The molecule has 1 aliphatic heterocycles. The molecule has 7 nitrogen and oxygen atoms in total. The predicted molar refractivity (Wildman–Crippen MR) is 77.9 cm³/mol. The van der Waals surface area contributed by atoms with Crippen molar-refractivity contribution in [2.75, 3.05) is 43.2 Å². The molecule has 0 aromatic carbocycles. The number of hydrogen-bond acceptors (Lipinski definition) is 8. The van der Waals surface area contributed by atoms with Crippen LogP contribution in [0.15, 0.2) is 4.90 Å². The lowest BCUT2D eigenvalue weighted by molar-refractivity contribution is -0.0818. The van der Waals surface area contributed by atoms with Gasteiger partial charge in [-0.3, -0.25) is 0 Å². The van der Waals surface area contributed by atoms with Crippen molar-refractivity contribution in [3.8, 4) is 0 Å². The number of nitrogens with two attached hydrogens (primary N) is 1. The number of sulfone groups is 1. The Morgan fingerprint density at radius 2 is 2.30 bits per heavy atom. The van der Waals surface area contributed by atoms with E-state index in [1.165, 1.54) is 0 Å². The van der Waals surface area contributed by atoms with E-state index in [4.69, 9.17) is 15.2 Å². The van der Waals surface area contributed by atoms with Gasteiger partial charge in [0.25, 0.3) is 0 Å². The van der Waals surface area contributed by atoms with Crippen molar-refractivity contribution >= 4 is 32.2 Å². The molecule has 0 aliphatic carbocycles. The molecule has 0 saturated carbocycles. The van der Waals surface area contributed by atoms with E-state index in [1.54, 1.807) is 0 Å². The molecule has 114 valence electrons. The molecule has 1 fully saturated rings. The number of ether oxygens (including phenoxy) is 2. The Hall–Kier alpha value is -0.900. The van der Waals surface area contributed by atoms with Crippen LogP contribution in [0, 0.1) is 0 Å². The zero-order valence-electron chi connectivity index (χ0n) is 11.3. The van der Waals surface area contributed by atoms with Crippen LogP contribution in [0.4, 0.5) is 10.8 Å². The van der Waals surface area contributed by atoms with Crippen molar-refractivity contribution < 1.29 is 17.9 Å².